The minimum Gasteiger partial charge on any atom is -0.339 e. The van der Waals surface area contributed by atoms with Crippen LogP contribution in [0.5, 0.6) is 0 Å². The van der Waals surface area contributed by atoms with E-state index < -0.39 is 5.41 Å². The molecule has 3 heterocycles. The maximum atomic E-state index is 14.6. The van der Waals surface area contributed by atoms with E-state index in [0.29, 0.717) is 43.1 Å². The molecule has 2 saturated heterocycles. The molecule has 2 aliphatic carbocycles. The first-order valence-electron chi connectivity index (χ1n) is 15.4. The van der Waals surface area contributed by atoms with E-state index >= 15 is 0 Å². The Kier molecular flexibility index (Phi) is 7.17. The van der Waals surface area contributed by atoms with Crippen molar-refractivity contribution in [1.82, 2.24) is 35.7 Å². The Balaban J connectivity index is 1.22. The molecule has 1 aromatic heterocycles. The van der Waals surface area contributed by atoms with E-state index in [2.05, 4.69) is 32.0 Å². The van der Waals surface area contributed by atoms with Gasteiger partial charge in [-0.05, 0) is 110 Å². The van der Waals surface area contributed by atoms with E-state index in [-0.39, 0.29) is 36.3 Å². The van der Waals surface area contributed by atoms with Crippen molar-refractivity contribution in [2.75, 3.05) is 26.2 Å². The maximum absolute atomic E-state index is 14.6. The summed E-state index contributed by atoms with van der Waals surface area (Å²) in [6.45, 7) is 2.10. The van der Waals surface area contributed by atoms with E-state index in [1.165, 1.54) is 6.07 Å². The predicted octanol–water partition coefficient (Wildman–Crippen LogP) is 2.89. The average Bonchev–Trinajstić information content (AvgIpc) is 3.42. The average molecular weight is 583 g/mol. The lowest BCUT2D eigenvalue weighted by Gasteiger charge is -2.34. The third kappa shape index (κ3) is 4.87. The summed E-state index contributed by atoms with van der Waals surface area (Å²) >= 11 is 0. The number of nitrogens with one attached hydrogen (secondary N) is 2. The number of carbonyl (C=O) groups excluding carboxylic acids is 2. The number of fused-ring (bicyclic) bond motifs is 3. The summed E-state index contributed by atoms with van der Waals surface area (Å²) in [5.41, 5.74) is 3.45. The first kappa shape index (κ1) is 27.7. The number of aryl methyl sites for hydroxylation is 2. The van der Waals surface area contributed by atoms with Gasteiger partial charge in [-0.15, -0.1) is 10.2 Å². The standard InChI is InChI=1S/C32H35FN8O2/c33-24-7-9-27-21(15-24)5-4-20-14-22(30(43)40-12-2-1-3-13-40)6-8-26(20)32(27,31-36-38-39-37-31)10-11-35-19-29(42)41-25(18-34)16-23-17-28(23)41/h6-9,14-15,23,25,28,35H,1-5,10-13,16-17,19H2,(H,36,37,38,39)/t23-,25+,28+,32?/m1/s1. The molecule has 0 bridgehead atoms. The lowest BCUT2D eigenvalue weighted by molar-refractivity contribution is -0.131. The molecule has 11 heteroatoms. The summed E-state index contributed by atoms with van der Waals surface area (Å²) < 4.78 is 14.6. The number of rotatable bonds is 7. The predicted molar refractivity (Wildman–Crippen MR) is 154 cm³/mol. The summed E-state index contributed by atoms with van der Waals surface area (Å²) in [4.78, 5) is 30.3. The first-order chi connectivity index (χ1) is 21.0. The number of hydrogen-bond acceptors (Lipinski definition) is 7. The summed E-state index contributed by atoms with van der Waals surface area (Å²) in [7, 11) is 0. The highest BCUT2D eigenvalue weighted by Crippen LogP contribution is 2.48. The van der Waals surface area contributed by atoms with Crippen LogP contribution in [-0.2, 0) is 23.1 Å². The molecular formula is C32H35FN8O2. The van der Waals surface area contributed by atoms with Gasteiger partial charge in [-0.2, -0.15) is 10.5 Å². The molecule has 2 N–H and O–H groups in total. The summed E-state index contributed by atoms with van der Waals surface area (Å²) in [6.07, 6.45) is 6.63. The van der Waals surface area contributed by atoms with Crippen LogP contribution < -0.4 is 5.32 Å². The molecule has 4 aliphatic rings. The van der Waals surface area contributed by atoms with E-state index in [1.54, 1.807) is 11.0 Å². The van der Waals surface area contributed by atoms with Gasteiger partial charge in [0.05, 0.1) is 18.0 Å². The number of nitrogens with zero attached hydrogens (tertiary/aromatic N) is 6. The van der Waals surface area contributed by atoms with Crippen molar-refractivity contribution in [3.05, 3.63) is 75.9 Å². The van der Waals surface area contributed by atoms with E-state index in [1.807, 2.05) is 29.2 Å². The zero-order valence-corrected chi connectivity index (χ0v) is 24.1. The van der Waals surface area contributed by atoms with Crippen LogP contribution in [0.1, 0.15) is 77.0 Å². The van der Waals surface area contributed by atoms with Gasteiger partial charge in [0.1, 0.15) is 11.9 Å². The molecular weight excluding hydrogens is 547 g/mol. The molecule has 0 spiro atoms. The zero-order valence-electron chi connectivity index (χ0n) is 24.1. The van der Waals surface area contributed by atoms with Gasteiger partial charge in [0.2, 0.25) is 5.91 Å². The number of piperidine rings is 2. The Hall–Kier alpha value is -4.17. The molecule has 3 fully saturated rings. The van der Waals surface area contributed by atoms with E-state index in [4.69, 9.17) is 0 Å². The monoisotopic (exact) mass is 582 g/mol. The minimum absolute atomic E-state index is 0.0381. The quantitative estimate of drug-likeness (QED) is 0.410. The normalized spacial score (nSPS) is 25.7. The highest BCUT2D eigenvalue weighted by molar-refractivity contribution is 5.94. The Labute approximate surface area is 249 Å². The second kappa shape index (κ2) is 11.2. The Morgan fingerprint density at radius 1 is 1.07 bits per heavy atom. The summed E-state index contributed by atoms with van der Waals surface area (Å²) in [5, 5.41) is 28.3. The minimum atomic E-state index is -0.894. The van der Waals surface area contributed by atoms with Crippen molar-refractivity contribution in [2.45, 2.75) is 68.9 Å². The number of halogens is 1. The van der Waals surface area contributed by atoms with Gasteiger partial charge >= 0.3 is 0 Å². The molecule has 1 unspecified atom stereocenters. The van der Waals surface area contributed by atoms with Crippen molar-refractivity contribution in [3.8, 4) is 6.07 Å². The summed E-state index contributed by atoms with van der Waals surface area (Å²) in [5.74, 6) is 0.580. The number of hydrogen-bond donors (Lipinski definition) is 2. The van der Waals surface area contributed by atoms with Crippen LogP contribution in [0.15, 0.2) is 36.4 Å². The molecule has 43 heavy (non-hydrogen) atoms. The number of aromatic nitrogens is 4. The molecule has 1 saturated carbocycles. The highest BCUT2D eigenvalue weighted by Gasteiger charge is 2.54. The van der Waals surface area contributed by atoms with Gasteiger partial charge in [0.25, 0.3) is 5.91 Å². The van der Waals surface area contributed by atoms with Gasteiger partial charge in [0, 0.05) is 24.7 Å². The highest BCUT2D eigenvalue weighted by atomic mass is 19.1. The molecule has 4 atom stereocenters. The SMILES string of the molecule is N#C[C@@H]1C[C@@H]2C[C@@H]2N1C(=O)CNCCC1(c2nn[nH]n2)c2ccc(F)cc2CCc2cc(C(=O)N3CCCCC3)ccc21. The zero-order chi connectivity index (χ0) is 29.6. The van der Waals surface area contributed by atoms with Crippen LogP contribution in [0.2, 0.25) is 0 Å². The van der Waals surface area contributed by atoms with Gasteiger partial charge in [0.15, 0.2) is 5.82 Å². The number of carbonyl (C=O) groups is 2. The molecule has 222 valence electrons. The Morgan fingerprint density at radius 2 is 1.84 bits per heavy atom. The largest absolute Gasteiger partial charge is 0.339 e. The second-order valence-electron chi connectivity index (χ2n) is 12.3. The topological polar surface area (TPSA) is 131 Å². The van der Waals surface area contributed by atoms with Crippen LogP contribution in [0, 0.1) is 23.1 Å². The number of likely N-dealkylation sites (tertiary alicyclic amines) is 2. The Morgan fingerprint density at radius 3 is 2.58 bits per heavy atom. The van der Waals surface area contributed by atoms with Crippen LogP contribution >= 0.6 is 0 Å². The third-order valence-corrected chi connectivity index (χ3v) is 9.87. The molecule has 3 aromatic rings. The van der Waals surface area contributed by atoms with Crippen molar-refractivity contribution in [2.24, 2.45) is 5.92 Å². The summed E-state index contributed by atoms with van der Waals surface area (Å²) in [6, 6.07) is 12.9. The lowest BCUT2D eigenvalue weighted by Crippen LogP contribution is -2.44. The number of nitriles is 1. The molecule has 7 rings (SSSR count). The van der Waals surface area contributed by atoms with Crippen LogP contribution in [0.3, 0.4) is 0 Å². The van der Waals surface area contributed by atoms with Crippen LogP contribution in [0.4, 0.5) is 4.39 Å². The number of amides is 2. The fourth-order valence-electron chi connectivity index (χ4n) is 7.69. The van der Waals surface area contributed by atoms with Crippen LogP contribution in [0.25, 0.3) is 0 Å². The van der Waals surface area contributed by atoms with Crippen molar-refractivity contribution >= 4 is 11.8 Å². The van der Waals surface area contributed by atoms with Crippen molar-refractivity contribution in [3.63, 3.8) is 0 Å². The van der Waals surface area contributed by atoms with Gasteiger partial charge in [-0.25, -0.2) is 4.39 Å². The van der Waals surface area contributed by atoms with Gasteiger partial charge in [-0.1, -0.05) is 17.3 Å². The first-order valence-corrected chi connectivity index (χ1v) is 15.4. The third-order valence-electron chi connectivity index (χ3n) is 9.87. The maximum Gasteiger partial charge on any atom is 0.253 e. The lowest BCUT2D eigenvalue weighted by atomic mass is 9.69. The molecule has 10 nitrogen and oxygen atoms in total. The fraction of sp³-hybridized carbons (Fsp3) is 0.500. The van der Waals surface area contributed by atoms with E-state index in [0.717, 1.165) is 67.4 Å². The Bertz CT molecular complexity index is 1580. The molecule has 2 aromatic carbocycles. The van der Waals surface area contributed by atoms with Crippen molar-refractivity contribution < 1.29 is 14.0 Å². The number of tetrazole rings is 1. The van der Waals surface area contributed by atoms with Crippen LogP contribution in [-0.4, -0.2) is 80.5 Å². The fourth-order valence-corrected chi connectivity index (χ4v) is 7.69. The van der Waals surface area contributed by atoms with Crippen molar-refractivity contribution in [1.29, 1.82) is 5.26 Å². The number of H-pyrrole nitrogens is 1. The molecule has 2 amide bonds. The smallest absolute Gasteiger partial charge is 0.253 e. The molecule has 2 aliphatic heterocycles. The van der Waals surface area contributed by atoms with E-state index in [9.17, 15) is 19.2 Å². The second-order valence-corrected chi connectivity index (χ2v) is 12.3. The number of aromatic amines is 1. The number of benzene rings is 2. The van der Waals surface area contributed by atoms with Gasteiger partial charge < -0.3 is 15.1 Å². The molecule has 0 radical (unpaired) electrons. The van der Waals surface area contributed by atoms with Gasteiger partial charge in [-0.3, -0.25) is 9.59 Å².